The van der Waals surface area contributed by atoms with Crippen molar-refractivity contribution in [2.24, 2.45) is 0 Å². The first kappa shape index (κ1) is 11.9. The Morgan fingerprint density at radius 1 is 1.24 bits per heavy atom. The van der Waals surface area contributed by atoms with Crippen LogP contribution in [-0.2, 0) is 0 Å². The van der Waals surface area contributed by atoms with Crippen LogP contribution in [0.25, 0.3) is 0 Å². The summed E-state index contributed by atoms with van der Waals surface area (Å²) in [4.78, 5) is 0. The molecule has 1 atom stereocenters. The minimum absolute atomic E-state index is 0.149. The number of nitrogens with one attached hydrogen (secondary N) is 1. The SMILES string of the molecule is CCNC(c1ccco1)c1ccc(C)cc1C. The maximum atomic E-state index is 5.53. The van der Waals surface area contributed by atoms with Gasteiger partial charge in [-0.15, -0.1) is 0 Å². The van der Waals surface area contributed by atoms with Crippen molar-refractivity contribution in [1.82, 2.24) is 5.32 Å². The van der Waals surface area contributed by atoms with E-state index in [-0.39, 0.29) is 6.04 Å². The minimum atomic E-state index is 0.149. The van der Waals surface area contributed by atoms with Crippen LogP contribution in [0.1, 0.15) is 35.4 Å². The van der Waals surface area contributed by atoms with Crippen molar-refractivity contribution >= 4 is 0 Å². The summed E-state index contributed by atoms with van der Waals surface area (Å²) in [5.41, 5.74) is 3.88. The maximum Gasteiger partial charge on any atom is 0.125 e. The summed E-state index contributed by atoms with van der Waals surface area (Å²) in [7, 11) is 0. The van der Waals surface area contributed by atoms with E-state index in [9.17, 15) is 0 Å². The Morgan fingerprint density at radius 2 is 2.06 bits per heavy atom. The van der Waals surface area contributed by atoms with Gasteiger partial charge in [0.1, 0.15) is 5.76 Å². The molecule has 0 aliphatic heterocycles. The summed E-state index contributed by atoms with van der Waals surface area (Å²) >= 11 is 0. The molecule has 0 saturated carbocycles. The van der Waals surface area contributed by atoms with Gasteiger partial charge in [-0.05, 0) is 43.7 Å². The molecule has 2 rings (SSSR count). The van der Waals surface area contributed by atoms with E-state index in [4.69, 9.17) is 4.42 Å². The standard InChI is InChI=1S/C15H19NO/c1-4-16-15(14-6-5-9-17-14)13-8-7-11(2)10-12(13)3/h5-10,15-16H,4H2,1-3H3. The molecule has 2 heteroatoms. The predicted octanol–water partition coefficient (Wildman–Crippen LogP) is 3.60. The highest BCUT2D eigenvalue weighted by Gasteiger charge is 2.17. The Hall–Kier alpha value is -1.54. The van der Waals surface area contributed by atoms with E-state index in [1.165, 1.54) is 16.7 Å². The van der Waals surface area contributed by atoms with Gasteiger partial charge in [-0.1, -0.05) is 30.7 Å². The van der Waals surface area contributed by atoms with Crippen LogP contribution in [-0.4, -0.2) is 6.54 Å². The van der Waals surface area contributed by atoms with Gasteiger partial charge in [0, 0.05) is 0 Å². The Bertz CT molecular complexity index is 474. The van der Waals surface area contributed by atoms with Gasteiger partial charge in [0.2, 0.25) is 0 Å². The fraction of sp³-hybridized carbons (Fsp3) is 0.333. The first-order valence-corrected chi connectivity index (χ1v) is 6.06. The summed E-state index contributed by atoms with van der Waals surface area (Å²) in [6, 6.07) is 10.6. The molecule has 1 N–H and O–H groups in total. The highest BCUT2D eigenvalue weighted by molar-refractivity contribution is 5.36. The number of aryl methyl sites for hydroxylation is 2. The van der Waals surface area contributed by atoms with Crippen LogP contribution >= 0.6 is 0 Å². The van der Waals surface area contributed by atoms with Crippen molar-refractivity contribution in [3.8, 4) is 0 Å². The quantitative estimate of drug-likeness (QED) is 0.866. The summed E-state index contributed by atoms with van der Waals surface area (Å²) < 4.78 is 5.53. The molecule has 1 aromatic carbocycles. The monoisotopic (exact) mass is 229 g/mol. The average Bonchev–Trinajstić information content (AvgIpc) is 2.80. The topological polar surface area (TPSA) is 25.2 Å². The van der Waals surface area contributed by atoms with Gasteiger partial charge < -0.3 is 9.73 Å². The van der Waals surface area contributed by atoms with Gasteiger partial charge in [-0.25, -0.2) is 0 Å². The number of furan rings is 1. The van der Waals surface area contributed by atoms with Crippen molar-refractivity contribution < 1.29 is 4.42 Å². The van der Waals surface area contributed by atoms with E-state index in [1.807, 2.05) is 12.1 Å². The van der Waals surface area contributed by atoms with Crippen molar-refractivity contribution in [3.05, 3.63) is 59.0 Å². The van der Waals surface area contributed by atoms with E-state index >= 15 is 0 Å². The zero-order valence-electron chi connectivity index (χ0n) is 10.7. The van der Waals surface area contributed by atoms with Crippen molar-refractivity contribution in [1.29, 1.82) is 0 Å². The first-order valence-electron chi connectivity index (χ1n) is 6.06. The Kier molecular flexibility index (Phi) is 3.64. The van der Waals surface area contributed by atoms with Gasteiger partial charge in [0.05, 0.1) is 12.3 Å². The van der Waals surface area contributed by atoms with Gasteiger partial charge in [-0.3, -0.25) is 0 Å². The molecular formula is C15H19NO. The second-order valence-electron chi connectivity index (χ2n) is 4.37. The number of hydrogen-bond acceptors (Lipinski definition) is 2. The van der Waals surface area contributed by atoms with E-state index in [0.717, 1.165) is 12.3 Å². The van der Waals surface area contributed by atoms with E-state index in [0.29, 0.717) is 0 Å². The molecule has 2 aromatic rings. The largest absolute Gasteiger partial charge is 0.467 e. The lowest BCUT2D eigenvalue weighted by molar-refractivity contribution is 0.451. The molecule has 1 aromatic heterocycles. The normalized spacial score (nSPS) is 12.6. The van der Waals surface area contributed by atoms with Crippen LogP contribution in [0.5, 0.6) is 0 Å². The molecule has 1 heterocycles. The molecule has 1 unspecified atom stereocenters. The van der Waals surface area contributed by atoms with E-state index < -0.39 is 0 Å². The molecule has 0 amide bonds. The van der Waals surface area contributed by atoms with Crippen LogP contribution < -0.4 is 5.32 Å². The van der Waals surface area contributed by atoms with E-state index in [2.05, 4.69) is 44.3 Å². The van der Waals surface area contributed by atoms with Crippen LogP contribution in [0.2, 0.25) is 0 Å². The van der Waals surface area contributed by atoms with Crippen LogP contribution in [0.3, 0.4) is 0 Å². The number of hydrogen-bond donors (Lipinski definition) is 1. The molecule has 2 nitrogen and oxygen atoms in total. The van der Waals surface area contributed by atoms with Crippen LogP contribution in [0.15, 0.2) is 41.0 Å². The number of benzene rings is 1. The molecule has 0 spiro atoms. The zero-order chi connectivity index (χ0) is 12.3. The lowest BCUT2D eigenvalue weighted by Crippen LogP contribution is -2.22. The molecular weight excluding hydrogens is 210 g/mol. The fourth-order valence-corrected chi connectivity index (χ4v) is 2.17. The lowest BCUT2D eigenvalue weighted by Gasteiger charge is -2.18. The third kappa shape index (κ3) is 2.59. The third-order valence-electron chi connectivity index (χ3n) is 2.97. The molecule has 0 saturated heterocycles. The Balaban J connectivity index is 2.39. The van der Waals surface area contributed by atoms with Gasteiger partial charge in [0.15, 0.2) is 0 Å². The molecule has 17 heavy (non-hydrogen) atoms. The van der Waals surface area contributed by atoms with E-state index in [1.54, 1.807) is 6.26 Å². The summed E-state index contributed by atoms with van der Waals surface area (Å²) in [6.07, 6.45) is 1.73. The molecule has 0 radical (unpaired) electrons. The molecule has 90 valence electrons. The molecule has 0 bridgehead atoms. The maximum absolute atomic E-state index is 5.53. The first-order chi connectivity index (χ1) is 8.22. The summed E-state index contributed by atoms with van der Waals surface area (Å²) in [5.74, 6) is 0.971. The second-order valence-corrected chi connectivity index (χ2v) is 4.37. The van der Waals surface area contributed by atoms with Crippen LogP contribution in [0.4, 0.5) is 0 Å². The van der Waals surface area contributed by atoms with Gasteiger partial charge in [-0.2, -0.15) is 0 Å². The Labute approximate surface area is 103 Å². The van der Waals surface area contributed by atoms with Crippen molar-refractivity contribution in [3.63, 3.8) is 0 Å². The molecule has 0 fully saturated rings. The second kappa shape index (κ2) is 5.19. The summed E-state index contributed by atoms with van der Waals surface area (Å²) in [5, 5.41) is 3.47. The highest BCUT2D eigenvalue weighted by Crippen LogP contribution is 2.25. The van der Waals surface area contributed by atoms with Crippen molar-refractivity contribution in [2.45, 2.75) is 26.8 Å². The third-order valence-corrected chi connectivity index (χ3v) is 2.97. The molecule has 0 aliphatic carbocycles. The van der Waals surface area contributed by atoms with Gasteiger partial charge >= 0.3 is 0 Å². The predicted molar refractivity (Wildman–Crippen MR) is 70.1 cm³/mol. The Morgan fingerprint density at radius 3 is 2.65 bits per heavy atom. The average molecular weight is 229 g/mol. The minimum Gasteiger partial charge on any atom is -0.467 e. The smallest absolute Gasteiger partial charge is 0.125 e. The van der Waals surface area contributed by atoms with Crippen molar-refractivity contribution in [2.75, 3.05) is 6.54 Å². The summed E-state index contributed by atoms with van der Waals surface area (Å²) in [6.45, 7) is 7.29. The van der Waals surface area contributed by atoms with Crippen LogP contribution in [0, 0.1) is 13.8 Å². The zero-order valence-corrected chi connectivity index (χ0v) is 10.7. The lowest BCUT2D eigenvalue weighted by atomic mass is 9.97. The van der Waals surface area contributed by atoms with Gasteiger partial charge in [0.25, 0.3) is 0 Å². The highest BCUT2D eigenvalue weighted by atomic mass is 16.3. The number of rotatable bonds is 4. The fourth-order valence-electron chi connectivity index (χ4n) is 2.17. The molecule has 0 aliphatic rings.